The maximum atomic E-state index is 11.7. The highest BCUT2D eigenvalue weighted by molar-refractivity contribution is 5.95. The predicted octanol–water partition coefficient (Wildman–Crippen LogP) is 3.54. The number of carbonyl (C=O) groups excluding carboxylic acids is 2. The molecule has 0 atom stereocenters. The van der Waals surface area contributed by atoms with Crippen LogP contribution in [0.2, 0.25) is 0 Å². The highest BCUT2D eigenvalue weighted by Gasteiger charge is 2.06. The number of hydrogen-bond acceptors (Lipinski definition) is 5. The Balaban J connectivity index is 1.66. The van der Waals surface area contributed by atoms with Crippen LogP contribution in [0.1, 0.15) is 41.5 Å². The molecule has 2 aromatic rings. The number of ketones is 1. The van der Waals surface area contributed by atoms with Crippen LogP contribution in [-0.4, -0.2) is 30.0 Å². The van der Waals surface area contributed by atoms with Crippen LogP contribution in [0.25, 0.3) is 0 Å². The van der Waals surface area contributed by atoms with Gasteiger partial charge in [0.1, 0.15) is 5.75 Å². The lowest BCUT2D eigenvalue weighted by atomic mass is 10.1. The summed E-state index contributed by atoms with van der Waals surface area (Å²) in [6.07, 6.45) is 1.95. The summed E-state index contributed by atoms with van der Waals surface area (Å²) in [6, 6.07) is 12.6. The molecule has 1 heterocycles. The number of benzene rings is 1. The average molecular weight is 341 g/mol. The molecule has 0 unspecified atom stereocenters. The first-order valence-electron chi connectivity index (χ1n) is 8.42. The second kappa shape index (κ2) is 9.57. The van der Waals surface area contributed by atoms with Gasteiger partial charge in [-0.15, -0.1) is 0 Å². The van der Waals surface area contributed by atoms with Crippen LogP contribution in [0.3, 0.4) is 0 Å². The number of pyridine rings is 1. The number of hydrogen-bond donors (Lipinski definition) is 0. The summed E-state index contributed by atoms with van der Waals surface area (Å²) in [5, 5.41) is 0. The summed E-state index contributed by atoms with van der Waals surface area (Å²) in [4.78, 5) is 27.6. The van der Waals surface area contributed by atoms with E-state index in [1.807, 2.05) is 32.0 Å². The zero-order valence-corrected chi connectivity index (χ0v) is 14.7. The van der Waals surface area contributed by atoms with Gasteiger partial charge in [0.15, 0.2) is 12.4 Å². The van der Waals surface area contributed by atoms with Crippen molar-refractivity contribution in [3.05, 3.63) is 59.4 Å². The van der Waals surface area contributed by atoms with E-state index in [2.05, 4.69) is 4.98 Å². The van der Waals surface area contributed by atoms with E-state index in [9.17, 15) is 9.59 Å². The number of aromatic nitrogens is 1. The second-order valence-electron chi connectivity index (χ2n) is 5.68. The predicted molar refractivity (Wildman–Crippen MR) is 94.8 cm³/mol. The molecule has 5 nitrogen and oxygen atoms in total. The number of nitrogens with zero attached hydrogens (tertiary/aromatic N) is 1. The van der Waals surface area contributed by atoms with Crippen molar-refractivity contribution in [2.24, 2.45) is 0 Å². The van der Waals surface area contributed by atoms with Gasteiger partial charge >= 0.3 is 5.97 Å². The van der Waals surface area contributed by atoms with Crippen molar-refractivity contribution in [3.8, 4) is 5.75 Å². The Morgan fingerprint density at radius 2 is 1.84 bits per heavy atom. The van der Waals surface area contributed by atoms with Crippen molar-refractivity contribution in [1.82, 2.24) is 4.98 Å². The molecular formula is C20H23NO4. The Hall–Kier alpha value is -2.69. The minimum absolute atomic E-state index is 0.0778. The van der Waals surface area contributed by atoms with Gasteiger partial charge in [0, 0.05) is 23.4 Å². The lowest BCUT2D eigenvalue weighted by molar-refractivity contribution is -0.146. The molecule has 0 aliphatic rings. The van der Waals surface area contributed by atoms with E-state index in [0.717, 1.165) is 24.2 Å². The van der Waals surface area contributed by atoms with Crippen LogP contribution in [0.15, 0.2) is 42.5 Å². The second-order valence-corrected chi connectivity index (χ2v) is 5.68. The van der Waals surface area contributed by atoms with Crippen LogP contribution in [0.4, 0.5) is 0 Å². The summed E-state index contributed by atoms with van der Waals surface area (Å²) < 4.78 is 10.5. The lowest BCUT2D eigenvalue weighted by Crippen LogP contribution is -2.16. The van der Waals surface area contributed by atoms with Gasteiger partial charge < -0.3 is 9.47 Å². The molecule has 1 aromatic carbocycles. The third kappa shape index (κ3) is 6.37. The van der Waals surface area contributed by atoms with Crippen molar-refractivity contribution >= 4 is 11.8 Å². The number of ether oxygens (including phenoxy) is 2. The number of carbonyl (C=O) groups is 2. The van der Waals surface area contributed by atoms with Gasteiger partial charge in [0.05, 0.1) is 6.61 Å². The molecule has 2 rings (SSSR count). The Morgan fingerprint density at radius 3 is 2.52 bits per heavy atom. The van der Waals surface area contributed by atoms with Gasteiger partial charge in [-0.25, -0.2) is 4.79 Å². The van der Waals surface area contributed by atoms with E-state index in [-0.39, 0.29) is 12.4 Å². The topological polar surface area (TPSA) is 65.5 Å². The summed E-state index contributed by atoms with van der Waals surface area (Å²) >= 11 is 0. The summed E-state index contributed by atoms with van der Waals surface area (Å²) in [5.41, 5.74) is 2.62. The molecular weight excluding hydrogens is 318 g/mol. The Kier molecular flexibility index (Phi) is 7.14. The molecule has 0 radical (unpaired) electrons. The van der Waals surface area contributed by atoms with E-state index >= 15 is 0 Å². The van der Waals surface area contributed by atoms with Crippen LogP contribution in [0, 0.1) is 6.92 Å². The summed E-state index contributed by atoms with van der Waals surface area (Å²) in [7, 11) is 0. The molecule has 0 bridgehead atoms. The molecule has 0 amide bonds. The fourth-order valence-corrected chi connectivity index (χ4v) is 2.30. The molecule has 0 fully saturated rings. The Bertz CT molecular complexity index is 710. The molecule has 1 aromatic heterocycles. The quantitative estimate of drug-likeness (QED) is 0.396. The average Bonchev–Trinajstić information content (AvgIpc) is 2.63. The molecule has 0 aliphatic carbocycles. The van der Waals surface area contributed by atoms with E-state index in [0.29, 0.717) is 24.3 Å². The van der Waals surface area contributed by atoms with Gasteiger partial charge in [0.25, 0.3) is 0 Å². The fourth-order valence-electron chi connectivity index (χ4n) is 2.30. The standard InChI is InChI=1S/C20H23NO4/c1-3-19(22)16-9-11-18(12-10-16)25-14-20(23)24-13-5-8-17-7-4-6-15(2)21-17/h4,6-7,9-12H,3,5,8,13-14H2,1-2H3. The molecule has 25 heavy (non-hydrogen) atoms. The number of rotatable bonds is 9. The number of aryl methyl sites for hydroxylation is 2. The first-order chi connectivity index (χ1) is 12.1. The Morgan fingerprint density at radius 1 is 1.08 bits per heavy atom. The third-order valence-electron chi connectivity index (χ3n) is 3.64. The minimum atomic E-state index is -0.411. The van der Waals surface area contributed by atoms with Crippen molar-refractivity contribution < 1.29 is 19.1 Å². The molecule has 0 aliphatic heterocycles. The van der Waals surface area contributed by atoms with E-state index in [1.54, 1.807) is 24.3 Å². The zero-order chi connectivity index (χ0) is 18.1. The fraction of sp³-hybridized carbons (Fsp3) is 0.350. The highest BCUT2D eigenvalue weighted by Crippen LogP contribution is 2.13. The monoisotopic (exact) mass is 341 g/mol. The maximum Gasteiger partial charge on any atom is 0.344 e. The van der Waals surface area contributed by atoms with E-state index in [1.165, 1.54) is 0 Å². The zero-order valence-electron chi connectivity index (χ0n) is 14.7. The summed E-state index contributed by atoms with van der Waals surface area (Å²) in [6.45, 7) is 3.95. The SMILES string of the molecule is CCC(=O)c1ccc(OCC(=O)OCCCc2cccc(C)n2)cc1. The number of esters is 1. The number of Topliss-reactive ketones (excluding diaryl/α,β-unsaturated/α-hetero) is 1. The lowest BCUT2D eigenvalue weighted by Gasteiger charge is -2.08. The van der Waals surface area contributed by atoms with Crippen molar-refractivity contribution in [2.75, 3.05) is 13.2 Å². The molecule has 0 N–H and O–H groups in total. The normalized spacial score (nSPS) is 10.3. The molecule has 0 spiro atoms. The highest BCUT2D eigenvalue weighted by atomic mass is 16.6. The molecule has 5 heteroatoms. The largest absolute Gasteiger partial charge is 0.482 e. The molecule has 0 saturated heterocycles. The van der Waals surface area contributed by atoms with Gasteiger partial charge in [-0.3, -0.25) is 9.78 Å². The van der Waals surface area contributed by atoms with Gasteiger partial charge in [-0.05, 0) is 56.2 Å². The van der Waals surface area contributed by atoms with Crippen molar-refractivity contribution in [1.29, 1.82) is 0 Å². The van der Waals surface area contributed by atoms with Crippen LogP contribution in [0.5, 0.6) is 5.75 Å². The van der Waals surface area contributed by atoms with E-state index < -0.39 is 5.97 Å². The van der Waals surface area contributed by atoms with Gasteiger partial charge in [-0.2, -0.15) is 0 Å². The van der Waals surface area contributed by atoms with Gasteiger partial charge in [0.2, 0.25) is 0 Å². The minimum Gasteiger partial charge on any atom is -0.482 e. The van der Waals surface area contributed by atoms with E-state index in [4.69, 9.17) is 9.47 Å². The smallest absolute Gasteiger partial charge is 0.344 e. The van der Waals surface area contributed by atoms with Gasteiger partial charge in [-0.1, -0.05) is 13.0 Å². The first kappa shape index (κ1) is 18.6. The Labute approximate surface area is 148 Å². The summed E-state index contributed by atoms with van der Waals surface area (Å²) in [5.74, 6) is 0.202. The molecule has 0 saturated carbocycles. The first-order valence-corrected chi connectivity index (χ1v) is 8.42. The maximum absolute atomic E-state index is 11.7. The third-order valence-corrected chi connectivity index (χ3v) is 3.64. The van der Waals surface area contributed by atoms with Crippen molar-refractivity contribution in [3.63, 3.8) is 0 Å². The van der Waals surface area contributed by atoms with Crippen LogP contribution in [-0.2, 0) is 16.0 Å². The van der Waals surface area contributed by atoms with Crippen LogP contribution < -0.4 is 4.74 Å². The van der Waals surface area contributed by atoms with Crippen molar-refractivity contribution in [2.45, 2.75) is 33.1 Å². The van der Waals surface area contributed by atoms with Crippen LogP contribution >= 0.6 is 0 Å². The molecule has 132 valence electrons.